The smallest absolute Gasteiger partial charge is 0.326 e. The number of nitrogens with one attached hydrogen (secondary N) is 1. The maximum Gasteiger partial charge on any atom is 0.326 e. The van der Waals surface area contributed by atoms with Crippen LogP contribution in [0.3, 0.4) is 0 Å². The Labute approximate surface area is 194 Å². The van der Waals surface area contributed by atoms with Gasteiger partial charge in [-0.3, -0.25) is 4.79 Å². The molecular formula is C25H33FN4O3. The van der Waals surface area contributed by atoms with Crippen molar-refractivity contribution < 1.29 is 19.1 Å². The summed E-state index contributed by atoms with van der Waals surface area (Å²) >= 11 is 0. The molecule has 1 aromatic heterocycles. The lowest BCUT2D eigenvalue weighted by Crippen LogP contribution is -2.42. The van der Waals surface area contributed by atoms with Crippen molar-refractivity contribution in [3.63, 3.8) is 0 Å². The first-order valence-corrected chi connectivity index (χ1v) is 11.6. The Morgan fingerprint density at radius 2 is 1.94 bits per heavy atom. The van der Waals surface area contributed by atoms with Crippen molar-refractivity contribution in [3.05, 3.63) is 53.0 Å². The Bertz CT molecular complexity index is 982. The van der Waals surface area contributed by atoms with Crippen LogP contribution >= 0.6 is 0 Å². The largest absolute Gasteiger partial charge is 0.480 e. The molecule has 0 saturated heterocycles. The second kappa shape index (κ2) is 11.6. The standard InChI is InChI=1S/C25H33FN4O3/c1-30(24(31)20-14-12-18(26)16-21(20)27)22(25(32)33)10-6-4-2-3-5-9-19-13-11-17-8-7-15-28-23(17)29-19/h11-14,16,22H,2-10,15,27H2,1H3,(H,28,29)(H,32,33)/t22-/m0/s1. The van der Waals surface area contributed by atoms with Crippen LogP contribution in [0, 0.1) is 5.82 Å². The zero-order chi connectivity index (χ0) is 23.8. The number of likely N-dealkylation sites (N-methyl/N-ethyl adjacent to an activating group) is 1. The minimum absolute atomic E-state index is 0.000173. The number of hydrogen-bond acceptors (Lipinski definition) is 5. The number of halogens is 1. The van der Waals surface area contributed by atoms with Crippen LogP contribution in [-0.4, -0.2) is 46.5 Å². The average molecular weight is 457 g/mol. The van der Waals surface area contributed by atoms with Crippen LogP contribution < -0.4 is 11.1 Å². The molecule has 1 atom stereocenters. The SMILES string of the molecule is CN(C(=O)c1ccc(F)cc1N)[C@@H](CCCCCCCc1ccc2c(n1)NCCC2)C(=O)O. The van der Waals surface area contributed by atoms with E-state index in [2.05, 4.69) is 17.4 Å². The molecule has 7 nitrogen and oxygen atoms in total. The van der Waals surface area contributed by atoms with Gasteiger partial charge in [0.05, 0.1) is 5.56 Å². The van der Waals surface area contributed by atoms with Crippen molar-refractivity contribution in [3.8, 4) is 0 Å². The Hall–Kier alpha value is -3.16. The van der Waals surface area contributed by atoms with E-state index in [1.807, 2.05) is 0 Å². The number of unbranched alkanes of at least 4 members (excludes halogenated alkanes) is 4. The number of carbonyl (C=O) groups excluding carboxylic acids is 1. The lowest BCUT2D eigenvalue weighted by Gasteiger charge is -2.25. The summed E-state index contributed by atoms with van der Waals surface area (Å²) in [4.78, 5) is 30.3. The minimum Gasteiger partial charge on any atom is -0.480 e. The van der Waals surface area contributed by atoms with Gasteiger partial charge in [0, 0.05) is 25.0 Å². The molecule has 178 valence electrons. The molecule has 33 heavy (non-hydrogen) atoms. The van der Waals surface area contributed by atoms with E-state index in [0.717, 1.165) is 75.1 Å². The molecule has 2 heterocycles. The molecule has 1 amide bonds. The van der Waals surface area contributed by atoms with Gasteiger partial charge >= 0.3 is 5.97 Å². The number of amides is 1. The number of aromatic nitrogens is 1. The summed E-state index contributed by atoms with van der Waals surface area (Å²) in [7, 11) is 1.45. The Morgan fingerprint density at radius 3 is 2.70 bits per heavy atom. The summed E-state index contributed by atoms with van der Waals surface area (Å²) in [6, 6.07) is 6.83. The second-order valence-corrected chi connectivity index (χ2v) is 8.65. The Morgan fingerprint density at radius 1 is 1.18 bits per heavy atom. The highest BCUT2D eigenvalue weighted by Gasteiger charge is 2.27. The van der Waals surface area contributed by atoms with Crippen LogP contribution in [0.15, 0.2) is 30.3 Å². The fourth-order valence-electron chi connectivity index (χ4n) is 4.22. The molecule has 0 unspecified atom stereocenters. The predicted molar refractivity (Wildman–Crippen MR) is 127 cm³/mol. The van der Waals surface area contributed by atoms with Gasteiger partial charge in [0.2, 0.25) is 0 Å². The van der Waals surface area contributed by atoms with E-state index in [4.69, 9.17) is 10.7 Å². The van der Waals surface area contributed by atoms with Crippen LogP contribution in [0.25, 0.3) is 0 Å². The van der Waals surface area contributed by atoms with Gasteiger partial charge in [-0.05, 0) is 61.9 Å². The monoisotopic (exact) mass is 456 g/mol. The van der Waals surface area contributed by atoms with E-state index in [9.17, 15) is 19.1 Å². The number of carboxylic acids is 1. The first kappa shape index (κ1) is 24.5. The third kappa shape index (κ3) is 6.66. The molecule has 3 rings (SSSR count). The van der Waals surface area contributed by atoms with Crippen LogP contribution in [0.2, 0.25) is 0 Å². The number of carbonyl (C=O) groups is 2. The van der Waals surface area contributed by atoms with Crippen LogP contribution in [-0.2, 0) is 17.6 Å². The zero-order valence-corrected chi connectivity index (χ0v) is 19.1. The van der Waals surface area contributed by atoms with Gasteiger partial charge < -0.3 is 21.1 Å². The summed E-state index contributed by atoms with van der Waals surface area (Å²) in [6.45, 7) is 0.985. The number of fused-ring (bicyclic) bond motifs is 1. The lowest BCUT2D eigenvalue weighted by molar-refractivity contribution is -0.142. The van der Waals surface area contributed by atoms with E-state index >= 15 is 0 Å². The van der Waals surface area contributed by atoms with Crippen molar-refractivity contribution in [2.45, 2.75) is 63.8 Å². The average Bonchev–Trinajstić information content (AvgIpc) is 2.79. The number of rotatable bonds is 11. The highest BCUT2D eigenvalue weighted by molar-refractivity contribution is 6.00. The number of anilines is 2. The summed E-state index contributed by atoms with van der Waals surface area (Å²) in [5.41, 5.74) is 8.25. The van der Waals surface area contributed by atoms with Gasteiger partial charge in [0.15, 0.2) is 0 Å². The second-order valence-electron chi connectivity index (χ2n) is 8.65. The first-order valence-electron chi connectivity index (χ1n) is 11.6. The van der Waals surface area contributed by atoms with E-state index < -0.39 is 23.7 Å². The lowest BCUT2D eigenvalue weighted by atomic mass is 10.0. The van der Waals surface area contributed by atoms with Gasteiger partial charge in [0.25, 0.3) is 5.91 Å². The first-order chi connectivity index (χ1) is 15.9. The van der Waals surface area contributed by atoms with Crippen molar-refractivity contribution in [1.82, 2.24) is 9.88 Å². The zero-order valence-electron chi connectivity index (χ0n) is 19.1. The molecule has 0 saturated carbocycles. The van der Waals surface area contributed by atoms with Crippen molar-refractivity contribution in [2.24, 2.45) is 0 Å². The number of carboxylic acid groups (broad SMARTS) is 1. The number of nitrogen functional groups attached to an aromatic ring is 1. The van der Waals surface area contributed by atoms with E-state index in [0.29, 0.717) is 12.8 Å². The molecule has 4 N–H and O–H groups in total. The van der Waals surface area contributed by atoms with Crippen molar-refractivity contribution in [2.75, 3.05) is 24.6 Å². The van der Waals surface area contributed by atoms with Crippen molar-refractivity contribution in [1.29, 1.82) is 0 Å². The van der Waals surface area contributed by atoms with Crippen LogP contribution in [0.1, 0.15) is 66.6 Å². The van der Waals surface area contributed by atoms with Gasteiger partial charge in [-0.25, -0.2) is 14.2 Å². The molecule has 0 aliphatic carbocycles. The summed E-state index contributed by atoms with van der Waals surface area (Å²) in [5.74, 6) is -1.09. The Kier molecular flexibility index (Phi) is 8.63. The fraction of sp³-hybridized carbons (Fsp3) is 0.480. The number of aliphatic carboxylic acids is 1. The number of benzene rings is 1. The molecule has 0 bridgehead atoms. The van der Waals surface area contributed by atoms with Crippen LogP contribution in [0.5, 0.6) is 0 Å². The van der Waals surface area contributed by atoms with E-state index in [1.165, 1.54) is 23.6 Å². The summed E-state index contributed by atoms with van der Waals surface area (Å²) < 4.78 is 13.3. The summed E-state index contributed by atoms with van der Waals surface area (Å²) in [6.07, 6.45) is 8.21. The number of pyridine rings is 1. The maximum atomic E-state index is 13.3. The number of aryl methyl sites for hydroxylation is 2. The number of hydrogen-bond donors (Lipinski definition) is 3. The minimum atomic E-state index is -1.06. The molecule has 0 radical (unpaired) electrons. The number of nitrogens with two attached hydrogens (primary N) is 1. The normalized spacial score (nSPS) is 13.6. The quantitative estimate of drug-likeness (QED) is 0.344. The predicted octanol–water partition coefficient (Wildman–Crippen LogP) is 4.27. The topological polar surface area (TPSA) is 109 Å². The van der Waals surface area contributed by atoms with E-state index in [-0.39, 0.29) is 11.3 Å². The highest BCUT2D eigenvalue weighted by Crippen LogP contribution is 2.21. The third-order valence-corrected chi connectivity index (χ3v) is 6.18. The fourth-order valence-corrected chi connectivity index (χ4v) is 4.22. The number of nitrogens with zero attached hydrogens (tertiary/aromatic N) is 2. The molecule has 1 aromatic carbocycles. The van der Waals surface area contributed by atoms with Gasteiger partial charge in [-0.15, -0.1) is 0 Å². The molecular weight excluding hydrogens is 423 g/mol. The van der Waals surface area contributed by atoms with Crippen molar-refractivity contribution >= 4 is 23.4 Å². The Balaban J connectivity index is 1.39. The highest BCUT2D eigenvalue weighted by atomic mass is 19.1. The van der Waals surface area contributed by atoms with Gasteiger partial charge in [0.1, 0.15) is 17.7 Å². The molecule has 0 fully saturated rings. The van der Waals surface area contributed by atoms with Gasteiger partial charge in [-0.2, -0.15) is 0 Å². The molecule has 2 aromatic rings. The molecule has 0 spiro atoms. The summed E-state index contributed by atoms with van der Waals surface area (Å²) in [5, 5.41) is 13.0. The third-order valence-electron chi connectivity index (χ3n) is 6.18. The maximum absolute atomic E-state index is 13.3. The van der Waals surface area contributed by atoms with E-state index in [1.54, 1.807) is 0 Å². The molecule has 1 aliphatic heterocycles. The van der Waals surface area contributed by atoms with Gasteiger partial charge in [-0.1, -0.05) is 31.7 Å². The molecule has 8 heteroatoms. The molecule has 1 aliphatic rings. The van der Waals surface area contributed by atoms with Crippen LogP contribution in [0.4, 0.5) is 15.9 Å².